The van der Waals surface area contributed by atoms with Crippen molar-refractivity contribution in [2.45, 2.75) is 6.92 Å². The first-order valence-electron chi connectivity index (χ1n) is 4.54. The molecule has 15 heavy (non-hydrogen) atoms. The number of aromatic nitrogens is 2. The van der Waals surface area contributed by atoms with E-state index >= 15 is 0 Å². The highest BCUT2D eigenvalue weighted by atomic mass is 32.1. The molecule has 0 radical (unpaired) electrons. The number of fused-ring (bicyclic) bond motifs is 1. The Bertz CT molecular complexity index is 589. The van der Waals surface area contributed by atoms with Crippen molar-refractivity contribution in [1.29, 1.82) is 0 Å². The highest BCUT2D eigenvalue weighted by Crippen LogP contribution is 2.37. The van der Waals surface area contributed by atoms with Crippen LogP contribution in [-0.2, 0) is 0 Å². The zero-order valence-corrected chi connectivity index (χ0v) is 9.71. The number of thiazole rings is 1. The molecule has 3 nitrogen and oxygen atoms in total. The Kier molecular flexibility index (Phi) is 1.83. The molecule has 0 bridgehead atoms. The van der Waals surface area contributed by atoms with E-state index in [1.54, 1.807) is 11.3 Å². The van der Waals surface area contributed by atoms with Gasteiger partial charge in [0.2, 0.25) is 0 Å². The number of thiophene rings is 1. The summed E-state index contributed by atoms with van der Waals surface area (Å²) in [5.74, 6) is 0. The maximum atomic E-state index is 5.92. The van der Waals surface area contributed by atoms with Crippen LogP contribution >= 0.6 is 22.7 Å². The van der Waals surface area contributed by atoms with Gasteiger partial charge in [0, 0.05) is 11.6 Å². The smallest absolute Gasteiger partial charge is 0.115 e. The predicted octanol–water partition coefficient (Wildman–Crippen LogP) is 3.24. The van der Waals surface area contributed by atoms with Gasteiger partial charge in [0.15, 0.2) is 0 Å². The van der Waals surface area contributed by atoms with Gasteiger partial charge in [0.05, 0.1) is 9.88 Å². The van der Waals surface area contributed by atoms with Crippen LogP contribution in [0.25, 0.3) is 20.8 Å². The zero-order chi connectivity index (χ0) is 10.4. The molecule has 3 aromatic rings. The molecule has 3 N–H and O–H groups in total. The highest BCUT2D eigenvalue weighted by molar-refractivity contribution is 7.22. The average molecular weight is 235 g/mol. The van der Waals surface area contributed by atoms with Gasteiger partial charge in [-0.25, -0.2) is 4.98 Å². The van der Waals surface area contributed by atoms with E-state index < -0.39 is 0 Å². The third-order valence-corrected chi connectivity index (χ3v) is 4.12. The second-order valence-corrected chi connectivity index (χ2v) is 5.61. The van der Waals surface area contributed by atoms with Crippen LogP contribution in [0, 0.1) is 6.92 Å². The number of rotatable bonds is 1. The summed E-state index contributed by atoms with van der Waals surface area (Å²) in [4.78, 5) is 9.95. The second kappa shape index (κ2) is 3.08. The minimum atomic E-state index is 0.802. The van der Waals surface area contributed by atoms with Crippen molar-refractivity contribution in [3.8, 4) is 10.6 Å². The average Bonchev–Trinajstić information content (AvgIpc) is 2.77. The molecule has 0 fully saturated rings. The van der Waals surface area contributed by atoms with Gasteiger partial charge in [0.25, 0.3) is 0 Å². The van der Waals surface area contributed by atoms with E-state index in [-0.39, 0.29) is 0 Å². The van der Waals surface area contributed by atoms with Crippen LogP contribution in [0.5, 0.6) is 0 Å². The van der Waals surface area contributed by atoms with Crippen LogP contribution in [0.2, 0.25) is 0 Å². The lowest BCUT2D eigenvalue weighted by Gasteiger charge is -1.90. The lowest BCUT2D eigenvalue weighted by molar-refractivity contribution is 1.31. The third kappa shape index (κ3) is 1.35. The lowest BCUT2D eigenvalue weighted by Crippen LogP contribution is -1.82. The fraction of sp³-hybridized carbons (Fsp3) is 0.100. The Morgan fingerprint density at radius 1 is 1.40 bits per heavy atom. The Hall–Kier alpha value is -1.33. The van der Waals surface area contributed by atoms with Crippen molar-refractivity contribution in [2.75, 3.05) is 5.73 Å². The normalized spacial score (nSPS) is 11.3. The number of aromatic amines is 1. The maximum absolute atomic E-state index is 5.92. The van der Waals surface area contributed by atoms with E-state index in [9.17, 15) is 0 Å². The number of aryl methyl sites for hydroxylation is 1. The van der Waals surface area contributed by atoms with Gasteiger partial charge < -0.3 is 10.7 Å². The Morgan fingerprint density at radius 2 is 2.27 bits per heavy atom. The molecule has 3 rings (SSSR count). The molecule has 0 spiro atoms. The standard InChI is InChI=1S/C10H9N3S2/c1-5-13-8(9(11)14-5)7-4-6-2-3-12-10(6)15-7/h2-4,12H,11H2,1H3. The van der Waals surface area contributed by atoms with Crippen LogP contribution in [-0.4, -0.2) is 9.97 Å². The van der Waals surface area contributed by atoms with Gasteiger partial charge >= 0.3 is 0 Å². The number of hydrogen-bond acceptors (Lipinski definition) is 4. The molecule has 76 valence electrons. The summed E-state index contributed by atoms with van der Waals surface area (Å²) in [6.45, 7) is 1.98. The van der Waals surface area contributed by atoms with E-state index in [0.717, 1.165) is 20.6 Å². The maximum Gasteiger partial charge on any atom is 0.115 e. The van der Waals surface area contributed by atoms with E-state index in [4.69, 9.17) is 5.73 Å². The number of anilines is 1. The van der Waals surface area contributed by atoms with Crippen LogP contribution < -0.4 is 5.73 Å². The summed E-state index contributed by atoms with van der Waals surface area (Å²) in [7, 11) is 0. The molecule has 0 saturated carbocycles. The Labute approximate surface area is 94.6 Å². The first kappa shape index (κ1) is 8.94. The Balaban J connectivity index is 2.21. The molecule has 3 heterocycles. The fourth-order valence-electron chi connectivity index (χ4n) is 1.58. The topological polar surface area (TPSA) is 54.7 Å². The number of nitrogens with zero attached hydrogens (tertiary/aromatic N) is 1. The van der Waals surface area contributed by atoms with Crippen molar-refractivity contribution in [3.05, 3.63) is 23.3 Å². The highest BCUT2D eigenvalue weighted by Gasteiger charge is 2.11. The largest absolute Gasteiger partial charge is 0.389 e. The van der Waals surface area contributed by atoms with Crippen LogP contribution in [0.15, 0.2) is 18.3 Å². The first-order valence-corrected chi connectivity index (χ1v) is 6.17. The molecule has 3 aromatic heterocycles. The number of nitrogens with one attached hydrogen (secondary N) is 1. The van der Waals surface area contributed by atoms with E-state index in [1.807, 2.05) is 13.1 Å². The van der Waals surface area contributed by atoms with Crippen LogP contribution in [0.1, 0.15) is 5.01 Å². The zero-order valence-electron chi connectivity index (χ0n) is 8.07. The van der Waals surface area contributed by atoms with E-state index in [2.05, 4.69) is 22.1 Å². The molecule has 0 saturated heterocycles. The summed E-state index contributed by atoms with van der Waals surface area (Å²) in [6.07, 6.45) is 1.95. The summed E-state index contributed by atoms with van der Waals surface area (Å²) < 4.78 is 0. The molecular formula is C10H9N3S2. The summed E-state index contributed by atoms with van der Waals surface area (Å²) in [5, 5.41) is 3.04. The molecule has 0 atom stereocenters. The van der Waals surface area contributed by atoms with Gasteiger partial charge in [-0.05, 0) is 19.1 Å². The molecule has 0 aliphatic rings. The monoisotopic (exact) mass is 235 g/mol. The first-order chi connectivity index (χ1) is 7.24. The van der Waals surface area contributed by atoms with Gasteiger partial charge in [-0.15, -0.1) is 22.7 Å². The van der Waals surface area contributed by atoms with Crippen LogP contribution in [0.3, 0.4) is 0 Å². The van der Waals surface area contributed by atoms with Crippen molar-refractivity contribution in [3.63, 3.8) is 0 Å². The quantitative estimate of drug-likeness (QED) is 0.680. The number of nitrogen functional groups attached to an aromatic ring is 1. The molecule has 0 aromatic carbocycles. The van der Waals surface area contributed by atoms with Crippen molar-refractivity contribution in [1.82, 2.24) is 9.97 Å². The SMILES string of the molecule is Cc1nc(-c2cc3cc[nH]c3s2)c(N)s1. The summed E-state index contributed by atoms with van der Waals surface area (Å²) in [6, 6.07) is 4.19. The predicted molar refractivity (Wildman–Crippen MR) is 66.4 cm³/mol. The molecule has 0 aliphatic heterocycles. The minimum Gasteiger partial charge on any atom is -0.389 e. The van der Waals surface area contributed by atoms with Crippen molar-refractivity contribution >= 4 is 37.9 Å². The minimum absolute atomic E-state index is 0.802. The lowest BCUT2D eigenvalue weighted by atomic mass is 10.3. The van der Waals surface area contributed by atoms with Gasteiger partial charge in [0.1, 0.15) is 15.5 Å². The van der Waals surface area contributed by atoms with Crippen molar-refractivity contribution in [2.24, 2.45) is 0 Å². The van der Waals surface area contributed by atoms with E-state index in [0.29, 0.717) is 0 Å². The fourth-order valence-corrected chi connectivity index (χ4v) is 3.39. The summed E-state index contributed by atoms with van der Waals surface area (Å²) in [5.41, 5.74) is 6.84. The van der Waals surface area contributed by atoms with E-state index in [1.165, 1.54) is 21.6 Å². The second-order valence-electron chi connectivity index (χ2n) is 3.32. The molecule has 0 aliphatic carbocycles. The third-order valence-electron chi connectivity index (χ3n) is 2.23. The van der Waals surface area contributed by atoms with Gasteiger partial charge in [-0.1, -0.05) is 0 Å². The van der Waals surface area contributed by atoms with Crippen LogP contribution in [0.4, 0.5) is 5.00 Å². The number of hydrogen-bond donors (Lipinski definition) is 2. The molecule has 0 unspecified atom stereocenters. The van der Waals surface area contributed by atoms with Gasteiger partial charge in [-0.2, -0.15) is 0 Å². The Morgan fingerprint density at radius 3 is 2.93 bits per heavy atom. The molecular weight excluding hydrogens is 226 g/mol. The summed E-state index contributed by atoms with van der Waals surface area (Å²) >= 11 is 3.23. The number of H-pyrrole nitrogens is 1. The molecule has 5 heteroatoms. The number of nitrogens with two attached hydrogens (primary N) is 1. The van der Waals surface area contributed by atoms with Crippen molar-refractivity contribution < 1.29 is 0 Å². The molecule has 0 amide bonds. The van der Waals surface area contributed by atoms with Gasteiger partial charge in [-0.3, -0.25) is 0 Å².